The van der Waals surface area contributed by atoms with Crippen molar-refractivity contribution in [2.24, 2.45) is 14.1 Å². The van der Waals surface area contributed by atoms with E-state index in [1.807, 2.05) is 87.2 Å². The molecule has 0 saturated heterocycles. The monoisotopic (exact) mass is 432 g/mol. The van der Waals surface area contributed by atoms with Crippen LogP contribution in [0.2, 0.25) is 0 Å². The maximum absolute atomic E-state index is 12.5. The molecule has 0 spiro atoms. The van der Waals surface area contributed by atoms with Gasteiger partial charge in [-0.2, -0.15) is 5.10 Å². The van der Waals surface area contributed by atoms with Crippen LogP contribution in [0.4, 0.5) is 5.69 Å². The highest BCUT2D eigenvalue weighted by Crippen LogP contribution is 2.31. The van der Waals surface area contributed by atoms with Crippen LogP contribution < -0.4 is 5.32 Å². The number of nitrogens with one attached hydrogen (secondary N) is 1. The molecule has 2 heterocycles. The molecule has 0 atom stereocenters. The average molecular weight is 433 g/mol. The fraction of sp³-hybridized carbons (Fsp3) is 0.217. The van der Waals surface area contributed by atoms with Gasteiger partial charge in [0.15, 0.2) is 11.0 Å². The summed E-state index contributed by atoms with van der Waals surface area (Å²) in [5.74, 6) is 0.886. The van der Waals surface area contributed by atoms with Crippen LogP contribution in [0.1, 0.15) is 11.1 Å². The maximum atomic E-state index is 12.5. The molecule has 8 heteroatoms. The zero-order valence-electron chi connectivity index (χ0n) is 18.0. The highest BCUT2D eigenvalue weighted by molar-refractivity contribution is 7.99. The molecule has 0 aliphatic carbocycles. The number of aryl methyl sites for hydroxylation is 3. The minimum Gasteiger partial charge on any atom is -0.325 e. The second-order valence-electron chi connectivity index (χ2n) is 7.45. The van der Waals surface area contributed by atoms with Gasteiger partial charge in [-0.3, -0.25) is 9.48 Å². The molecule has 31 heavy (non-hydrogen) atoms. The predicted molar refractivity (Wildman–Crippen MR) is 124 cm³/mol. The summed E-state index contributed by atoms with van der Waals surface area (Å²) in [5.41, 5.74) is 5.75. The van der Waals surface area contributed by atoms with Gasteiger partial charge < -0.3 is 9.88 Å². The maximum Gasteiger partial charge on any atom is 0.234 e. The molecule has 1 N–H and O–H groups in total. The van der Waals surface area contributed by atoms with Crippen molar-refractivity contribution < 1.29 is 4.79 Å². The van der Waals surface area contributed by atoms with Crippen LogP contribution in [0.15, 0.2) is 59.9 Å². The first-order chi connectivity index (χ1) is 14.9. The van der Waals surface area contributed by atoms with Crippen LogP contribution in [-0.4, -0.2) is 36.2 Å². The Labute approximate surface area is 185 Å². The van der Waals surface area contributed by atoms with Gasteiger partial charge >= 0.3 is 0 Å². The molecule has 0 radical (unpaired) electrons. The minimum absolute atomic E-state index is 0.0744. The number of hydrogen-bond acceptors (Lipinski definition) is 5. The number of anilines is 1. The van der Waals surface area contributed by atoms with E-state index in [0.29, 0.717) is 11.0 Å². The van der Waals surface area contributed by atoms with E-state index in [0.717, 1.165) is 33.6 Å². The van der Waals surface area contributed by atoms with Crippen molar-refractivity contribution in [1.82, 2.24) is 24.5 Å². The van der Waals surface area contributed by atoms with Crippen LogP contribution >= 0.6 is 11.8 Å². The lowest BCUT2D eigenvalue weighted by Gasteiger charge is -2.09. The first-order valence-corrected chi connectivity index (χ1v) is 10.9. The van der Waals surface area contributed by atoms with Crippen molar-refractivity contribution in [3.8, 4) is 22.6 Å². The number of carbonyl (C=O) groups excluding carboxylic acids is 1. The molecule has 7 nitrogen and oxygen atoms in total. The second kappa shape index (κ2) is 8.77. The van der Waals surface area contributed by atoms with E-state index >= 15 is 0 Å². The Bertz CT molecular complexity index is 1230. The fourth-order valence-corrected chi connectivity index (χ4v) is 4.03. The zero-order valence-corrected chi connectivity index (χ0v) is 18.8. The Kier molecular flexibility index (Phi) is 5.90. The SMILES string of the molecule is Cc1ccc(C)c(NC(=O)CSc2nnc(-c3cn(C)nc3-c3ccccc3)n2C)c1. The quantitative estimate of drug-likeness (QED) is 0.461. The van der Waals surface area contributed by atoms with Gasteiger partial charge in [-0.15, -0.1) is 10.2 Å². The number of rotatable bonds is 6. The standard InChI is InChI=1S/C23H24N6OS/c1-15-10-11-16(2)19(12-15)24-20(30)14-31-23-26-25-22(29(23)4)18-13-28(3)27-21(18)17-8-6-5-7-9-17/h5-13H,14H2,1-4H3,(H,24,30). The van der Waals surface area contributed by atoms with E-state index in [4.69, 9.17) is 0 Å². The molecule has 4 aromatic rings. The molecule has 0 unspecified atom stereocenters. The summed E-state index contributed by atoms with van der Waals surface area (Å²) in [5, 5.41) is 17.0. The van der Waals surface area contributed by atoms with Crippen molar-refractivity contribution >= 4 is 23.4 Å². The van der Waals surface area contributed by atoms with E-state index in [9.17, 15) is 4.79 Å². The Balaban J connectivity index is 1.51. The normalized spacial score (nSPS) is 11.0. The molecule has 158 valence electrons. The summed E-state index contributed by atoms with van der Waals surface area (Å²) in [7, 11) is 3.79. The van der Waals surface area contributed by atoms with E-state index in [2.05, 4.69) is 20.6 Å². The summed E-state index contributed by atoms with van der Waals surface area (Å²) in [4.78, 5) is 12.5. The van der Waals surface area contributed by atoms with Gasteiger partial charge in [0.05, 0.1) is 11.3 Å². The second-order valence-corrected chi connectivity index (χ2v) is 8.39. The Morgan fingerprint density at radius 1 is 1.06 bits per heavy atom. The number of nitrogens with zero attached hydrogens (tertiary/aromatic N) is 5. The van der Waals surface area contributed by atoms with Gasteiger partial charge in [-0.1, -0.05) is 54.2 Å². The number of aromatic nitrogens is 5. The summed E-state index contributed by atoms with van der Waals surface area (Å²) in [6, 6.07) is 16.0. The van der Waals surface area contributed by atoms with Crippen LogP contribution in [0.3, 0.4) is 0 Å². The lowest BCUT2D eigenvalue weighted by atomic mass is 10.1. The summed E-state index contributed by atoms with van der Waals surface area (Å²) in [6.45, 7) is 3.99. The molecule has 4 rings (SSSR count). The van der Waals surface area contributed by atoms with Crippen LogP contribution in [0, 0.1) is 13.8 Å². The summed E-state index contributed by atoms with van der Waals surface area (Å²) >= 11 is 1.36. The van der Waals surface area contributed by atoms with E-state index in [-0.39, 0.29) is 11.7 Å². The van der Waals surface area contributed by atoms with Gasteiger partial charge in [-0.05, 0) is 31.0 Å². The molecular formula is C23H24N6OS. The van der Waals surface area contributed by atoms with E-state index in [1.165, 1.54) is 11.8 Å². The molecular weight excluding hydrogens is 408 g/mol. The highest BCUT2D eigenvalue weighted by Gasteiger charge is 2.19. The van der Waals surface area contributed by atoms with E-state index in [1.54, 1.807) is 4.68 Å². The summed E-state index contributed by atoms with van der Waals surface area (Å²) < 4.78 is 3.68. The van der Waals surface area contributed by atoms with Crippen LogP contribution in [-0.2, 0) is 18.9 Å². The first-order valence-electron chi connectivity index (χ1n) is 9.91. The number of benzene rings is 2. The molecule has 0 fully saturated rings. The average Bonchev–Trinajstić information content (AvgIpc) is 3.32. The molecule has 0 aliphatic rings. The van der Waals surface area contributed by atoms with Crippen molar-refractivity contribution in [1.29, 1.82) is 0 Å². The lowest BCUT2D eigenvalue weighted by Crippen LogP contribution is -2.15. The molecule has 0 bridgehead atoms. The Hall–Kier alpha value is -3.39. The lowest BCUT2D eigenvalue weighted by molar-refractivity contribution is -0.113. The van der Waals surface area contributed by atoms with Gasteiger partial charge in [0.2, 0.25) is 5.91 Å². The Morgan fingerprint density at radius 3 is 2.61 bits per heavy atom. The number of carbonyl (C=O) groups is 1. The van der Waals surface area contributed by atoms with Gasteiger partial charge in [0.1, 0.15) is 5.69 Å². The fourth-order valence-electron chi connectivity index (χ4n) is 3.32. The van der Waals surface area contributed by atoms with Crippen molar-refractivity contribution in [3.05, 3.63) is 65.9 Å². The molecule has 2 aromatic carbocycles. The third-order valence-corrected chi connectivity index (χ3v) is 5.97. The van der Waals surface area contributed by atoms with Gasteiger partial charge in [-0.25, -0.2) is 0 Å². The molecule has 0 saturated carbocycles. The number of amides is 1. The first kappa shape index (κ1) is 20.9. The predicted octanol–water partition coefficient (Wildman–Crippen LogP) is 4.23. The Morgan fingerprint density at radius 2 is 1.84 bits per heavy atom. The third kappa shape index (κ3) is 4.54. The topological polar surface area (TPSA) is 77.6 Å². The van der Waals surface area contributed by atoms with Crippen LogP contribution in [0.5, 0.6) is 0 Å². The van der Waals surface area contributed by atoms with Crippen LogP contribution in [0.25, 0.3) is 22.6 Å². The smallest absolute Gasteiger partial charge is 0.234 e. The van der Waals surface area contributed by atoms with Crippen molar-refractivity contribution in [2.75, 3.05) is 11.1 Å². The number of thioether (sulfide) groups is 1. The molecule has 0 aliphatic heterocycles. The van der Waals surface area contributed by atoms with E-state index < -0.39 is 0 Å². The minimum atomic E-state index is -0.0744. The molecule has 1 amide bonds. The summed E-state index contributed by atoms with van der Waals surface area (Å²) in [6.07, 6.45) is 1.94. The van der Waals surface area contributed by atoms with Gasteiger partial charge in [0.25, 0.3) is 0 Å². The molecule has 2 aromatic heterocycles. The van der Waals surface area contributed by atoms with Crippen molar-refractivity contribution in [2.45, 2.75) is 19.0 Å². The zero-order chi connectivity index (χ0) is 22.0. The third-order valence-electron chi connectivity index (χ3n) is 4.95. The van der Waals surface area contributed by atoms with Gasteiger partial charge in [0, 0.05) is 31.5 Å². The number of hydrogen-bond donors (Lipinski definition) is 1. The largest absolute Gasteiger partial charge is 0.325 e. The van der Waals surface area contributed by atoms with Crippen molar-refractivity contribution in [3.63, 3.8) is 0 Å². The highest BCUT2D eigenvalue weighted by atomic mass is 32.2.